The first-order valence-corrected chi connectivity index (χ1v) is 11.8. The number of pyridine rings is 2. The summed E-state index contributed by atoms with van der Waals surface area (Å²) in [5.41, 5.74) is 3.74. The van der Waals surface area contributed by atoms with Crippen molar-refractivity contribution >= 4 is 23.4 Å². The molecule has 180 valence electrons. The maximum Gasteiger partial charge on any atom is 0.274 e. The zero-order valence-corrected chi connectivity index (χ0v) is 20.2. The highest BCUT2D eigenvalue weighted by Crippen LogP contribution is 2.23. The third-order valence-electron chi connectivity index (χ3n) is 6.36. The molecule has 4 heterocycles. The Hall–Kier alpha value is -4.07. The first kappa shape index (κ1) is 24.1. The molecule has 0 bridgehead atoms. The maximum absolute atomic E-state index is 12.8. The first-order valence-electron chi connectivity index (χ1n) is 11.8. The van der Waals surface area contributed by atoms with Crippen LogP contribution in [0.5, 0.6) is 0 Å². The third kappa shape index (κ3) is 5.54. The van der Waals surface area contributed by atoms with E-state index >= 15 is 0 Å². The van der Waals surface area contributed by atoms with Crippen molar-refractivity contribution < 1.29 is 4.79 Å². The number of likely N-dealkylation sites (tertiary alicyclic amines) is 1. The molecule has 0 spiro atoms. The van der Waals surface area contributed by atoms with Crippen molar-refractivity contribution in [1.82, 2.24) is 20.2 Å². The minimum atomic E-state index is -0.315. The van der Waals surface area contributed by atoms with E-state index in [-0.39, 0.29) is 11.9 Å². The van der Waals surface area contributed by atoms with E-state index < -0.39 is 0 Å². The lowest BCUT2D eigenvalue weighted by Crippen LogP contribution is -2.36. The number of fused-ring (bicyclic) bond motifs is 1. The van der Waals surface area contributed by atoms with Crippen LogP contribution >= 0.6 is 0 Å². The van der Waals surface area contributed by atoms with Gasteiger partial charge in [0.25, 0.3) is 5.91 Å². The number of nitrogens with one attached hydrogen (secondary N) is 3. The molecule has 8 nitrogen and oxygen atoms in total. The van der Waals surface area contributed by atoms with E-state index in [4.69, 9.17) is 10.8 Å². The van der Waals surface area contributed by atoms with E-state index in [1.54, 1.807) is 35.5 Å². The van der Waals surface area contributed by atoms with Gasteiger partial charge in [-0.3, -0.25) is 20.6 Å². The van der Waals surface area contributed by atoms with E-state index in [0.29, 0.717) is 36.0 Å². The summed E-state index contributed by atoms with van der Waals surface area (Å²) in [6.45, 7) is 9.33. The van der Waals surface area contributed by atoms with Crippen LogP contribution < -0.4 is 10.2 Å². The molecule has 8 heteroatoms. The largest absolute Gasteiger partial charge is 0.352 e. The van der Waals surface area contributed by atoms with Gasteiger partial charge < -0.3 is 15.1 Å². The summed E-state index contributed by atoms with van der Waals surface area (Å²) < 4.78 is 0. The lowest BCUT2D eigenvalue weighted by molar-refractivity contribution is 0.0962. The minimum absolute atomic E-state index is 0.164. The van der Waals surface area contributed by atoms with Gasteiger partial charge in [0.1, 0.15) is 23.2 Å². The molecule has 0 aromatic carbocycles. The van der Waals surface area contributed by atoms with Crippen molar-refractivity contribution in [3.8, 4) is 0 Å². The number of hydrogen-bond acceptors (Lipinski definition) is 6. The van der Waals surface area contributed by atoms with Crippen LogP contribution in [0.2, 0.25) is 0 Å². The molecule has 4 rings (SSSR count). The molecule has 0 aliphatic carbocycles. The van der Waals surface area contributed by atoms with Crippen LogP contribution in [0.3, 0.4) is 0 Å². The van der Waals surface area contributed by atoms with Gasteiger partial charge in [-0.05, 0) is 67.7 Å². The van der Waals surface area contributed by atoms with Gasteiger partial charge in [-0.2, -0.15) is 0 Å². The molecule has 1 amide bonds. The van der Waals surface area contributed by atoms with Crippen LogP contribution in [-0.4, -0.2) is 45.0 Å². The quantitative estimate of drug-likeness (QED) is 0.333. The number of hydrogen-bond donors (Lipinski definition) is 3. The number of aromatic nitrogens is 2. The normalized spacial score (nSPS) is 18.1. The van der Waals surface area contributed by atoms with Crippen molar-refractivity contribution in [2.24, 2.45) is 0 Å². The molecule has 1 saturated heterocycles. The molecule has 3 N–H and O–H groups in total. The van der Waals surface area contributed by atoms with Crippen LogP contribution in [-0.2, 0) is 13.0 Å². The summed E-state index contributed by atoms with van der Waals surface area (Å²) >= 11 is 0. The van der Waals surface area contributed by atoms with Gasteiger partial charge in [0.05, 0.1) is 0 Å². The second-order valence-corrected chi connectivity index (χ2v) is 8.94. The monoisotopic (exact) mass is 469 g/mol. The zero-order chi connectivity index (χ0) is 24.9. The van der Waals surface area contributed by atoms with Crippen molar-refractivity contribution in [2.75, 3.05) is 11.4 Å². The van der Waals surface area contributed by atoms with Gasteiger partial charge in [0.15, 0.2) is 0 Å². The number of nitrogens with zero attached hydrogens (tertiary/aromatic N) is 4. The Morgan fingerprint density at radius 1 is 1.26 bits per heavy atom. The summed E-state index contributed by atoms with van der Waals surface area (Å²) in [6.07, 6.45) is 11.3. The summed E-state index contributed by atoms with van der Waals surface area (Å²) in [4.78, 5) is 25.5. The second kappa shape index (κ2) is 10.5. The number of amides is 1. The second-order valence-electron chi connectivity index (χ2n) is 8.94. The number of carbonyl (C=O) groups excluding carboxylic acids is 1. The molecular weight excluding hydrogens is 438 g/mol. The first-order chi connectivity index (χ1) is 16.8. The molecule has 0 radical (unpaired) electrons. The van der Waals surface area contributed by atoms with Crippen LogP contribution in [0.1, 0.15) is 48.3 Å². The van der Waals surface area contributed by atoms with Gasteiger partial charge in [-0.15, -0.1) is 0 Å². The summed E-state index contributed by atoms with van der Waals surface area (Å²) in [7, 11) is 0. The molecule has 1 atom stereocenters. The highest BCUT2D eigenvalue weighted by molar-refractivity contribution is 6.07. The van der Waals surface area contributed by atoms with Gasteiger partial charge in [-0.25, -0.2) is 4.98 Å². The fourth-order valence-corrected chi connectivity index (χ4v) is 4.34. The van der Waals surface area contributed by atoms with Gasteiger partial charge in [-0.1, -0.05) is 24.8 Å². The fraction of sp³-hybridized carbons (Fsp3) is 0.296. The molecule has 2 aromatic rings. The molecular formula is C27H31N7O. The van der Waals surface area contributed by atoms with E-state index in [2.05, 4.69) is 26.8 Å². The number of allylic oxidation sites excluding steroid dienone is 3. The highest BCUT2D eigenvalue weighted by atomic mass is 16.1. The van der Waals surface area contributed by atoms with Crippen molar-refractivity contribution in [2.45, 2.75) is 45.7 Å². The van der Waals surface area contributed by atoms with Crippen molar-refractivity contribution in [3.63, 3.8) is 0 Å². The Balaban J connectivity index is 1.36. The number of anilines is 1. The van der Waals surface area contributed by atoms with Crippen LogP contribution in [0.15, 0.2) is 72.7 Å². The Labute approximate surface area is 206 Å². The third-order valence-corrected chi connectivity index (χ3v) is 6.36. The lowest BCUT2D eigenvalue weighted by atomic mass is 10.0. The van der Waals surface area contributed by atoms with Gasteiger partial charge in [0, 0.05) is 43.6 Å². The summed E-state index contributed by atoms with van der Waals surface area (Å²) in [6, 6.07) is 7.87. The summed E-state index contributed by atoms with van der Waals surface area (Å²) in [5, 5.41) is 19.2. The molecule has 0 saturated carbocycles. The Bertz CT molecular complexity index is 1220. The topological polar surface area (TPSA) is 109 Å². The van der Waals surface area contributed by atoms with E-state index in [1.165, 1.54) is 0 Å². The smallest absolute Gasteiger partial charge is 0.274 e. The van der Waals surface area contributed by atoms with Crippen molar-refractivity contribution in [1.29, 1.82) is 10.8 Å². The molecule has 1 fully saturated rings. The average Bonchev–Trinajstić information content (AvgIpc) is 3.20. The zero-order valence-electron chi connectivity index (χ0n) is 20.2. The minimum Gasteiger partial charge on any atom is -0.352 e. The number of carbonyl (C=O) groups is 1. The molecule has 2 aromatic heterocycles. The molecule has 35 heavy (non-hydrogen) atoms. The van der Waals surface area contributed by atoms with Crippen LogP contribution in [0, 0.1) is 10.8 Å². The van der Waals surface area contributed by atoms with E-state index in [1.807, 2.05) is 38.1 Å². The van der Waals surface area contributed by atoms with E-state index in [9.17, 15) is 4.79 Å². The maximum atomic E-state index is 12.8. The van der Waals surface area contributed by atoms with E-state index in [0.717, 1.165) is 41.9 Å². The molecule has 2 aliphatic rings. The Kier molecular flexibility index (Phi) is 7.19. The van der Waals surface area contributed by atoms with Crippen LogP contribution in [0.25, 0.3) is 0 Å². The Morgan fingerprint density at radius 2 is 2.09 bits per heavy atom. The number of amidine groups is 2. The average molecular weight is 470 g/mol. The predicted octanol–water partition coefficient (Wildman–Crippen LogP) is 4.22. The van der Waals surface area contributed by atoms with Crippen LogP contribution in [0.4, 0.5) is 5.82 Å². The highest BCUT2D eigenvalue weighted by Gasteiger charge is 2.28. The standard InChI is InChI=1S/C27H31N7O/c1-18(26(29)34-20(3)10-11-24(34)28)7-6-8-19(2)32-27(35)23-15-22-17-33(14-12-21(22)16-31-23)25-9-4-5-13-30-25/h4-9,13,15-16,20,28-29H,2,10-12,14,17H2,1,3H3,(H,32,35)/b8-6-,18-7+,28-24?,29-26?/t20-/m1/s1. The van der Waals surface area contributed by atoms with Gasteiger partial charge in [0.2, 0.25) is 0 Å². The molecule has 0 unspecified atom stereocenters. The molecule has 2 aliphatic heterocycles. The predicted molar refractivity (Wildman–Crippen MR) is 139 cm³/mol. The number of rotatable bonds is 6. The SMILES string of the molecule is C=C(/C=C\C=C(/C)C(=N)N1C(=N)CC[C@H]1C)NC(=O)c1cc2c(cn1)CCN(c1ccccn1)C2. The van der Waals surface area contributed by atoms with Gasteiger partial charge >= 0.3 is 0 Å². The summed E-state index contributed by atoms with van der Waals surface area (Å²) in [5.74, 6) is 1.42. The Morgan fingerprint density at radius 3 is 2.80 bits per heavy atom. The fourth-order valence-electron chi connectivity index (χ4n) is 4.34. The van der Waals surface area contributed by atoms with Crippen molar-refractivity contribution in [3.05, 3.63) is 89.6 Å². The lowest BCUT2D eigenvalue weighted by Gasteiger charge is -2.29.